The molecule has 63 heavy (non-hydrogen) atoms. The number of rotatable bonds is 16. The van der Waals surface area contributed by atoms with Crippen molar-refractivity contribution in [3.63, 3.8) is 0 Å². The fourth-order valence-corrected chi connectivity index (χ4v) is 8.44. The Morgan fingerprint density at radius 3 is 0.444 bits per heavy atom. The Morgan fingerprint density at radius 2 is 0.349 bits per heavy atom. The Morgan fingerprint density at radius 1 is 0.254 bits per heavy atom. The molecule has 0 aliphatic heterocycles. The van der Waals surface area contributed by atoms with E-state index >= 15 is 0 Å². The van der Waals surface area contributed by atoms with Crippen LogP contribution in [0.4, 0.5) is 0 Å². The summed E-state index contributed by atoms with van der Waals surface area (Å²) < 4.78 is 10.5. The molecule has 0 spiro atoms. The summed E-state index contributed by atoms with van der Waals surface area (Å²) in [5.41, 5.74) is 11.1. The average molecular weight is 853 g/mol. The van der Waals surface area contributed by atoms with Crippen LogP contribution in [0.15, 0.2) is 243 Å². The van der Waals surface area contributed by atoms with Crippen molar-refractivity contribution in [2.45, 2.75) is 52.4 Å². The van der Waals surface area contributed by atoms with Crippen LogP contribution in [0.5, 0.6) is 0 Å². The van der Waals surface area contributed by atoms with E-state index in [0.717, 1.165) is 61.3 Å². The zero-order chi connectivity index (χ0) is 44.1. The monoisotopic (exact) mass is 852 g/mol. The van der Waals surface area contributed by atoms with Gasteiger partial charge in [0.25, 0.3) is 0 Å². The van der Waals surface area contributed by atoms with Crippen LogP contribution < -0.4 is 14.7 Å². The molecule has 0 amide bonds. The maximum atomic E-state index is 8.55. The van der Waals surface area contributed by atoms with Gasteiger partial charge in [-0.2, -0.15) is 7.82 Å². The van der Waals surface area contributed by atoms with E-state index in [4.69, 9.17) is 19.2 Å². The fraction of sp³-hybridized carbons (Fsp3) is 0.143. The van der Waals surface area contributed by atoms with E-state index in [0.29, 0.717) is 0 Å². The van der Waals surface area contributed by atoms with Crippen molar-refractivity contribution in [1.29, 1.82) is 0 Å². The van der Waals surface area contributed by atoms with Gasteiger partial charge >= 0.3 is 1.43 Å². The summed E-state index contributed by atoms with van der Waals surface area (Å²) in [5.74, 6) is 0. The van der Waals surface area contributed by atoms with Crippen molar-refractivity contribution >= 4 is 7.82 Å². The second kappa shape index (κ2) is 23.9. The zero-order valence-corrected chi connectivity index (χ0v) is 36.6. The van der Waals surface area contributed by atoms with Crippen LogP contribution >= 0.6 is 7.82 Å². The summed E-state index contributed by atoms with van der Waals surface area (Å²) in [5, 5.41) is 0. The van der Waals surface area contributed by atoms with E-state index in [1.807, 2.05) is 0 Å². The molecule has 0 unspecified atom stereocenters. The van der Waals surface area contributed by atoms with Gasteiger partial charge in [-0.1, -0.05) is 243 Å². The van der Waals surface area contributed by atoms with Crippen LogP contribution in [0.3, 0.4) is 0 Å². The summed E-state index contributed by atoms with van der Waals surface area (Å²) >= 11 is 0. The molecule has 8 aromatic carbocycles. The fourth-order valence-electron chi connectivity index (χ4n) is 8.44. The van der Waals surface area contributed by atoms with E-state index in [-0.39, 0.29) is 1.43 Å². The van der Waals surface area contributed by atoms with E-state index in [1.165, 1.54) is 44.5 Å². The Labute approximate surface area is 375 Å². The van der Waals surface area contributed by atoms with Crippen LogP contribution in [-0.2, 0) is 56.9 Å². The molecule has 7 heteroatoms. The van der Waals surface area contributed by atoms with E-state index < -0.39 is 7.82 Å². The number of nitrogens with zero attached hydrogens (tertiary/aromatic N) is 2. The molecule has 0 aliphatic rings. The van der Waals surface area contributed by atoms with Crippen molar-refractivity contribution in [3.05, 3.63) is 287 Å². The van der Waals surface area contributed by atoms with Crippen LogP contribution in [0.2, 0.25) is 0 Å². The quantitative estimate of drug-likeness (QED) is 0.0716. The lowest BCUT2D eigenvalue weighted by molar-refractivity contribution is -0.978. The van der Waals surface area contributed by atoms with Crippen molar-refractivity contribution in [2.75, 3.05) is 0 Å². The third-order valence-electron chi connectivity index (χ3n) is 10.9. The number of hydrogen-bond donors (Lipinski definition) is 0. The molecular weight excluding hydrogens is 796 g/mol. The van der Waals surface area contributed by atoms with E-state index in [2.05, 4.69) is 243 Å². The summed E-state index contributed by atoms with van der Waals surface area (Å²) in [6, 6.07) is 87.3. The maximum absolute atomic E-state index is 8.55. The van der Waals surface area contributed by atoms with Gasteiger partial charge in [-0.15, -0.1) is 0 Å². The first-order valence-electron chi connectivity index (χ1n) is 21.4. The predicted molar refractivity (Wildman–Crippen MR) is 250 cm³/mol. The molecule has 0 aliphatic carbocycles. The average Bonchev–Trinajstić information content (AvgIpc) is 3.29. The molecule has 0 radical (unpaired) electrons. The molecule has 0 heterocycles. The van der Waals surface area contributed by atoms with E-state index in [9.17, 15) is 0 Å². The third-order valence-corrected chi connectivity index (χ3v) is 10.9. The number of hydrogen-bond acceptors (Lipinski definition) is 4. The molecular formula is C56H57N2O4P. The minimum atomic E-state index is -5.39. The first-order chi connectivity index (χ1) is 30.6. The van der Waals surface area contributed by atoms with Crippen LogP contribution in [-0.4, -0.2) is 8.97 Å². The topological polar surface area (TPSA) is 86.2 Å². The van der Waals surface area contributed by atoms with Crippen LogP contribution in [0.1, 0.15) is 45.9 Å². The van der Waals surface area contributed by atoms with Crippen molar-refractivity contribution < 1.29 is 29.6 Å². The lowest BCUT2D eigenvalue weighted by Crippen LogP contribution is -2.45. The molecule has 8 aromatic rings. The van der Waals surface area contributed by atoms with Gasteiger partial charge in [-0.25, -0.2) is 0 Å². The van der Waals surface area contributed by atoms with Gasteiger partial charge in [0.05, 0.1) is 0 Å². The van der Waals surface area contributed by atoms with Crippen molar-refractivity contribution in [1.82, 2.24) is 0 Å². The highest BCUT2D eigenvalue weighted by atomic mass is 31.2. The van der Waals surface area contributed by atoms with Gasteiger partial charge in [0.2, 0.25) is 0 Å². The Balaban J connectivity index is 0.000000215. The zero-order valence-electron chi connectivity index (χ0n) is 36.7. The Hall–Kier alpha value is -6.21. The normalized spacial score (nSPS) is 11.3. The number of quaternary nitrogens is 2. The Bertz CT molecular complexity index is 1980. The molecule has 0 saturated carbocycles. The second-order valence-corrected chi connectivity index (χ2v) is 17.2. The highest BCUT2D eigenvalue weighted by molar-refractivity contribution is 7.40. The highest BCUT2D eigenvalue weighted by Crippen LogP contribution is 2.29. The molecule has 0 bridgehead atoms. The minimum absolute atomic E-state index is 0. The van der Waals surface area contributed by atoms with Gasteiger partial charge in [-0.05, 0) is 0 Å². The van der Waals surface area contributed by atoms with Crippen molar-refractivity contribution in [2.24, 2.45) is 0 Å². The Kier molecular flexibility index (Phi) is 17.5. The SMILES string of the molecule is O=P([O-])([O-])[O-].[H+].c1ccc(C[N+](Cc2ccccc2)(Cc2ccccc2)Cc2ccccc2)cc1.c1ccc(C[N+](Cc2ccccc2)(Cc2ccccc2)Cc2ccccc2)cc1. The number of benzene rings is 8. The van der Waals surface area contributed by atoms with Gasteiger partial charge in [0.15, 0.2) is 0 Å². The summed E-state index contributed by atoms with van der Waals surface area (Å²) in [6.07, 6.45) is 0. The predicted octanol–water partition coefficient (Wildman–Crippen LogP) is 10.5. The molecule has 0 atom stereocenters. The largest absolute Gasteiger partial charge is 1.00 e. The standard InChI is InChI=1S/2C28H28N.H3O4P/c2*1-5-13-25(14-6-1)21-29(22-26-15-7-2-8-16-26,23-27-17-9-3-10-18-27)24-28-19-11-4-12-20-28;1-5(2,3)4/h2*1-20H,21-24H2;(H3,1,2,3,4)/q2*+1;/p-2. The van der Waals surface area contributed by atoms with Gasteiger partial charge in [0, 0.05) is 44.5 Å². The van der Waals surface area contributed by atoms with Crippen molar-refractivity contribution in [3.8, 4) is 0 Å². The molecule has 0 fully saturated rings. The third kappa shape index (κ3) is 16.9. The smallest absolute Gasteiger partial charge is 0.822 e. The van der Waals surface area contributed by atoms with Gasteiger partial charge in [-0.3, -0.25) is 0 Å². The summed E-state index contributed by atoms with van der Waals surface area (Å²) in [6.45, 7) is 8.00. The minimum Gasteiger partial charge on any atom is -0.822 e. The molecule has 6 nitrogen and oxygen atoms in total. The molecule has 0 aromatic heterocycles. The molecule has 0 saturated heterocycles. The van der Waals surface area contributed by atoms with E-state index in [1.54, 1.807) is 0 Å². The molecule has 0 N–H and O–H groups in total. The lowest BCUT2D eigenvalue weighted by Gasteiger charge is -2.39. The second-order valence-electron chi connectivity index (χ2n) is 16.3. The first kappa shape index (κ1) is 46.3. The number of phosphoric acid groups is 1. The van der Waals surface area contributed by atoms with Gasteiger partial charge < -0.3 is 28.2 Å². The molecule has 8 rings (SSSR count). The highest BCUT2D eigenvalue weighted by Gasteiger charge is 2.31. The maximum Gasteiger partial charge on any atom is 1.00 e. The van der Waals surface area contributed by atoms with Gasteiger partial charge in [0.1, 0.15) is 52.4 Å². The molecule has 320 valence electrons. The summed E-state index contributed by atoms with van der Waals surface area (Å²) in [4.78, 5) is 25.6. The first-order valence-corrected chi connectivity index (χ1v) is 22.8. The lowest BCUT2D eigenvalue weighted by atomic mass is 10.0. The van der Waals surface area contributed by atoms with Crippen LogP contribution in [0.25, 0.3) is 0 Å². The van der Waals surface area contributed by atoms with Crippen LogP contribution in [0, 0.1) is 0 Å². The summed E-state index contributed by atoms with van der Waals surface area (Å²) in [7, 11) is -5.39.